The molecule has 2 aromatic heterocycles. The molecule has 0 atom stereocenters. The topological polar surface area (TPSA) is 78.3 Å². The third-order valence-electron chi connectivity index (χ3n) is 6.61. The van der Waals surface area contributed by atoms with E-state index in [9.17, 15) is 10.5 Å². The zero-order valence-electron chi connectivity index (χ0n) is 20.4. The largest absolute Gasteiger partial charge is 0.308 e. The molecule has 6 rings (SSSR count). The van der Waals surface area contributed by atoms with Crippen molar-refractivity contribution in [2.24, 2.45) is 0 Å². The molecule has 5 nitrogen and oxygen atoms in total. The van der Waals surface area contributed by atoms with Gasteiger partial charge in [-0.3, -0.25) is 0 Å². The molecule has 6 aromatic rings. The van der Waals surface area contributed by atoms with Crippen molar-refractivity contribution < 1.29 is 0 Å². The third kappa shape index (κ3) is 3.80. The van der Waals surface area contributed by atoms with Crippen LogP contribution < -0.4 is 0 Å². The Hall–Kier alpha value is -5.26. The minimum absolute atomic E-state index is 0.567. The molecule has 37 heavy (non-hydrogen) atoms. The van der Waals surface area contributed by atoms with Gasteiger partial charge in [0.05, 0.1) is 40.0 Å². The van der Waals surface area contributed by atoms with E-state index in [0.29, 0.717) is 17.0 Å². The molecule has 0 unspecified atom stereocenters. The number of fused-ring (bicyclic) bond motifs is 3. The summed E-state index contributed by atoms with van der Waals surface area (Å²) in [6, 6.07) is 34.4. The lowest BCUT2D eigenvalue weighted by Gasteiger charge is -2.15. The van der Waals surface area contributed by atoms with Crippen LogP contribution in [0.4, 0.5) is 0 Å². The van der Waals surface area contributed by atoms with E-state index in [2.05, 4.69) is 47.0 Å². The van der Waals surface area contributed by atoms with Gasteiger partial charge in [0.25, 0.3) is 0 Å². The number of nitrogens with zero attached hydrogens (tertiary/aromatic N) is 5. The van der Waals surface area contributed by atoms with Crippen molar-refractivity contribution in [2.75, 3.05) is 0 Å². The Morgan fingerprint density at radius 1 is 0.622 bits per heavy atom. The molecule has 0 aliphatic rings. The minimum Gasteiger partial charge on any atom is -0.308 e. The molecule has 4 aromatic carbocycles. The summed E-state index contributed by atoms with van der Waals surface area (Å²) < 4.78 is 2.20. The van der Waals surface area contributed by atoms with Crippen LogP contribution in [-0.4, -0.2) is 14.5 Å². The normalized spacial score (nSPS) is 10.9. The van der Waals surface area contributed by atoms with E-state index >= 15 is 0 Å². The zero-order chi connectivity index (χ0) is 25.5. The van der Waals surface area contributed by atoms with Crippen molar-refractivity contribution in [3.63, 3.8) is 0 Å². The van der Waals surface area contributed by atoms with Gasteiger partial charge in [0.2, 0.25) is 0 Å². The number of aryl methyl sites for hydroxylation is 2. The summed E-state index contributed by atoms with van der Waals surface area (Å²) in [5.41, 5.74) is 8.82. The molecule has 0 spiro atoms. The lowest BCUT2D eigenvalue weighted by atomic mass is 10.0. The summed E-state index contributed by atoms with van der Waals surface area (Å²) in [6.07, 6.45) is 0. The van der Waals surface area contributed by atoms with Gasteiger partial charge in [-0.05, 0) is 73.5 Å². The standard InChI is InChI=1S/C32H21N5/c1-20-15-21(2)36-32(35-20)28-13-9-23(19-34)16-30(28)37-29-6-4-3-5-26(29)27-14-12-25(17-31(27)37)24-10-7-22(18-33)8-11-24/h3-17H,1-2H3. The number of nitriles is 2. The van der Waals surface area contributed by atoms with E-state index in [0.717, 1.165) is 55.6 Å². The Morgan fingerprint density at radius 3 is 2.00 bits per heavy atom. The molecule has 0 bridgehead atoms. The van der Waals surface area contributed by atoms with Crippen LogP contribution in [0.1, 0.15) is 22.5 Å². The molecule has 5 heteroatoms. The Balaban J connectivity index is 1.69. The van der Waals surface area contributed by atoms with Gasteiger partial charge in [0.15, 0.2) is 5.82 Å². The molecule has 0 fully saturated rings. The van der Waals surface area contributed by atoms with Crippen LogP contribution in [0.15, 0.2) is 91.0 Å². The molecule has 0 amide bonds. The van der Waals surface area contributed by atoms with E-state index in [1.165, 1.54) is 0 Å². The second-order valence-electron chi connectivity index (χ2n) is 9.09. The van der Waals surface area contributed by atoms with Crippen molar-refractivity contribution in [1.82, 2.24) is 14.5 Å². The van der Waals surface area contributed by atoms with Crippen LogP contribution in [0.3, 0.4) is 0 Å². The summed E-state index contributed by atoms with van der Waals surface area (Å²) in [5.74, 6) is 0.631. The summed E-state index contributed by atoms with van der Waals surface area (Å²) in [6.45, 7) is 3.93. The van der Waals surface area contributed by atoms with Crippen molar-refractivity contribution in [1.29, 1.82) is 10.5 Å². The van der Waals surface area contributed by atoms with Crippen molar-refractivity contribution >= 4 is 21.8 Å². The maximum atomic E-state index is 9.76. The predicted molar refractivity (Wildman–Crippen MR) is 146 cm³/mol. The fraction of sp³-hybridized carbons (Fsp3) is 0.0625. The summed E-state index contributed by atoms with van der Waals surface area (Å²) in [7, 11) is 0. The van der Waals surface area contributed by atoms with Crippen LogP contribution >= 0.6 is 0 Å². The quantitative estimate of drug-likeness (QED) is 0.270. The summed E-state index contributed by atoms with van der Waals surface area (Å²) >= 11 is 0. The highest BCUT2D eigenvalue weighted by molar-refractivity contribution is 6.10. The van der Waals surface area contributed by atoms with Crippen LogP contribution in [0, 0.1) is 36.5 Å². The van der Waals surface area contributed by atoms with Gasteiger partial charge >= 0.3 is 0 Å². The van der Waals surface area contributed by atoms with Gasteiger partial charge in [-0.15, -0.1) is 0 Å². The average molecular weight is 476 g/mol. The Morgan fingerprint density at radius 2 is 1.27 bits per heavy atom. The van der Waals surface area contributed by atoms with Gasteiger partial charge in [-0.2, -0.15) is 10.5 Å². The number of hydrogen-bond donors (Lipinski definition) is 0. The van der Waals surface area contributed by atoms with Crippen LogP contribution in [0.25, 0.3) is 50.0 Å². The second kappa shape index (κ2) is 8.75. The molecule has 0 aliphatic heterocycles. The molecule has 0 N–H and O–H groups in total. The summed E-state index contributed by atoms with van der Waals surface area (Å²) in [5, 5.41) is 21.2. The summed E-state index contributed by atoms with van der Waals surface area (Å²) in [4.78, 5) is 9.48. The molecule has 0 saturated carbocycles. The van der Waals surface area contributed by atoms with E-state index in [1.807, 2.05) is 74.5 Å². The maximum absolute atomic E-state index is 9.76. The SMILES string of the molecule is Cc1cc(C)nc(-c2ccc(C#N)cc2-n2c3ccccc3c3ccc(-c4ccc(C#N)cc4)cc32)n1. The monoisotopic (exact) mass is 475 g/mol. The molecule has 0 aliphatic carbocycles. The van der Waals surface area contributed by atoms with Gasteiger partial charge in [-0.1, -0.05) is 42.5 Å². The lowest BCUT2D eigenvalue weighted by molar-refractivity contribution is 1.05. The van der Waals surface area contributed by atoms with E-state index in [-0.39, 0.29) is 0 Å². The number of para-hydroxylation sites is 1. The molecular weight excluding hydrogens is 454 g/mol. The van der Waals surface area contributed by atoms with E-state index < -0.39 is 0 Å². The molecule has 0 saturated heterocycles. The Bertz CT molecular complexity index is 1890. The molecule has 2 heterocycles. The zero-order valence-corrected chi connectivity index (χ0v) is 20.4. The Labute approximate surface area is 214 Å². The number of rotatable bonds is 3. The smallest absolute Gasteiger partial charge is 0.161 e. The van der Waals surface area contributed by atoms with E-state index in [1.54, 1.807) is 0 Å². The average Bonchev–Trinajstić information content (AvgIpc) is 3.25. The van der Waals surface area contributed by atoms with Gasteiger partial charge in [0.1, 0.15) is 0 Å². The molecule has 174 valence electrons. The van der Waals surface area contributed by atoms with Gasteiger partial charge in [0, 0.05) is 27.7 Å². The highest BCUT2D eigenvalue weighted by atomic mass is 15.0. The molecular formula is C32H21N5. The second-order valence-corrected chi connectivity index (χ2v) is 9.09. The van der Waals surface area contributed by atoms with Crippen LogP contribution in [0.5, 0.6) is 0 Å². The van der Waals surface area contributed by atoms with Crippen molar-refractivity contribution in [3.8, 4) is 40.3 Å². The first kappa shape index (κ1) is 22.2. The lowest BCUT2D eigenvalue weighted by Crippen LogP contribution is -2.02. The first-order chi connectivity index (χ1) is 18.1. The third-order valence-corrected chi connectivity index (χ3v) is 6.61. The van der Waals surface area contributed by atoms with Gasteiger partial charge in [-0.25, -0.2) is 9.97 Å². The highest BCUT2D eigenvalue weighted by Crippen LogP contribution is 2.37. The highest BCUT2D eigenvalue weighted by Gasteiger charge is 2.18. The minimum atomic E-state index is 0.567. The molecule has 0 radical (unpaired) electrons. The van der Waals surface area contributed by atoms with Gasteiger partial charge < -0.3 is 4.57 Å². The number of aromatic nitrogens is 3. The fourth-order valence-electron chi connectivity index (χ4n) is 4.97. The maximum Gasteiger partial charge on any atom is 0.161 e. The Kier molecular flexibility index (Phi) is 5.26. The number of benzene rings is 4. The van der Waals surface area contributed by atoms with Crippen LogP contribution in [0.2, 0.25) is 0 Å². The van der Waals surface area contributed by atoms with Crippen molar-refractivity contribution in [3.05, 3.63) is 114 Å². The first-order valence-electron chi connectivity index (χ1n) is 12.0. The predicted octanol–water partition coefficient (Wildman–Crippen LogP) is 7.27. The van der Waals surface area contributed by atoms with Crippen LogP contribution in [-0.2, 0) is 0 Å². The first-order valence-corrected chi connectivity index (χ1v) is 12.0. The fourth-order valence-corrected chi connectivity index (χ4v) is 4.97. The van der Waals surface area contributed by atoms with E-state index in [4.69, 9.17) is 9.97 Å². The number of hydrogen-bond acceptors (Lipinski definition) is 4. The van der Waals surface area contributed by atoms with Crippen molar-refractivity contribution in [2.45, 2.75) is 13.8 Å².